The van der Waals surface area contributed by atoms with Crippen LogP contribution in [0.1, 0.15) is 23.8 Å². The zero-order valence-corrected chi connectivity index (χ0v) is 21.6. The minimum atomic E-state index is -1.50. The molecule has 2 aromatic carbocycles. The van der Waals surface area contributed by atoms with Gasteiger partial charge in [-0.05, 0) is 31.2 Å². The van der Waals surface area contributed by atoms with E-state index in [0.717, 1.165) is 6.07 Å². The van der Waals surface area contributed by atoms with Crippen LogP contribution in [0.3, 0.4) is 0 Å². The Hall–Kier alpha value is -2.71. The van der Waals surface area contributed by atoms with E-state index in [1.165, 1.54) is 33.8 Å². The van der Waals surface area contributed by atoms with Gasteiger partial charge in [0.05, 0.1) is 33.6 Å². The fraction of sp³-hybridized carbons (Fsp3) is 0.304. The summed E-state index contributed by atoms with van der Waals surface area (Å²) in [5, 5.41) is 44.3. The fourth-order valence-corrected chi connectivity index (χ4v) is 4.81. The summed E-state index contributed by atoms with van der Waals surface area (Å²) in [6.07, 6.45) is -3.96. The third-order valence-corrected chi connectivity index (χ3v) is 7.03. The van der Waals surface area contributed by atoms with Gasteiger partial charge in [0.2, 0.25) is 0 Å². The Labute approximate surface area is 229 Å². The highest BCUT2D eigenvalue weighted by Crippen LogP contribution is 2.39. The van der Waals surface area contributed by atoms with Gasteiger partial charge in [-0.2, -0.15) is 5.10 Å². The molecule has 1 aliphatic rings. The van der Waals surface area contributed by atoms with Crippen LogP contribution in [-0.2, 0) is 4.74 Å². The highest BCUT2D eigenvalue weighted by Gasteiger charge is 2.48. The molecule has 0 radical (unpaired) electrons. The predicted octanol–water partition coefficient (Wildman–Crippen LogP) is 3.47. The number of hydrogen-bond donors (Lipinski definition) is 3. The van der Waals surface area contributed by atoms with Crippen molar-refractivity contribution in [2.75, 3.05) is 6.61 Å². The number of aliphatic hydroxyl groups is 3. The number of benzene rings is 2. The van der Waals surface area contributed by atoms with E-state index in [1.54, 1.807) is 13.0 Å². The summed E-state index contributed by atoms with van der Waals surface area (Å²) in [4.78, 5) is 4.36. The summed E-state index contributed by atoms with van der Waals surface area (Å²) in [7, 11) is 0. The molecule has 4 aromatic rings. The van der Waals surface area contributed by atoms with Crippen molar-refractivity contribution in [3.8, 4) is 16.9 Å². The number of aliphatic hydroxyl groups excluding tert-OH is 3. The highest BCUT2D eigenvalue weighted by atomic mass is 35.5. The van der Waals surface area contributed by atoms with Gasteiger partial charge in [-0.3, -0.25) is 0 Å². The normalized spacial score (nSPS) is 23.7. The SMILES string of the molecule is Cc1nc([C@@H]2O[C@H](CO)[C@H](O)[C@H](n3cc(-c4ccc(Cl)c(F)c4)nn3)[C@H]2O)n(-c2cc(Cl)c(F)cc2Cl)n1. The molecule has 0 aliphatic carbocycles. The average molecular weight is 588 g/mol. The van der Waals surface area contributed by atoms with E-state index < -0.39 is 48.7 Å². The summed E-state index contributed by atoms with van der Waals surface area (Å²) in [6.45, 7) is 0.972. The smallest absolute Gasteiger partial charge is 0.164 e. The van der Waals surface area contributed by atoms with E-state index in [-0.39, 0.29) is 38.1 Å². The van der Waals surface area contributed by atoms with Gasteiger partial charge in [0.1, 0.15) is 53.6 Å². The summed E-state index contributed by atoms with van der Waals surface area (Å²) in [6, 6.07) is 5.16. The number of rotatable bonds is 5. The second kappa shape index (κ2) is 10.5. The molecule has 1 fully saturated rings. The van der Waals surface area contributed by atoms with E-state index in [1.807, 2.05) is 0 Å². The Bertz CT molecular complexity index is 1500. The van der Waals surface area contributed by atoms with Crippen molar-refractivity contribution >= 4 is 34.8 Å². The Morgan fingerprint density at radius 2 is 1.74 bits per heavy atom. The van der Waals surface area contributed by atoms with Crippen LogP contribution in [0.5, 0.6) is 0 Å². The molecule has 0 amide bonds. The lowest BCUT2D eigenvalue weighted by atomic mass is 9.92. The maximum Gasteiger partial charge on any atom is 0.164 e. The predicted molar refractivity (Wildman–Crippen MR) is 132 cm³/mol. The molecule has 0 bridgehead atoms. The highest BCUT2D eigenvalue weighted by molar-refractivity contribution is 6.34. The van der Waals surface area contributed by atoms with Crippen molar-refractivity contribution in [1.29, 1.82) is 0 Å². The zero-order chi connectivity index (χ0) is 27.3. The lowest BCUT2D eigenvalue weighted by Crippen LogP contribution is -2.53. The number of hydrogen-bond acceptors (Lipinski definition) is 8. The van der Waals surface area contributed by atoms with Crippen molar-refractivity contribution in [1.82, 2.24) is 29.8 Å². The lowest BCUT2D eigenvalue weighted by Gasteiger charge is -2.41. The minimum Gasteiger partial charge on any atom is -0.394 e. The Morgan fingerprint density at radius 3 is 2.45 bits per heavy atom. The van der Waals surface area contributed by atoms with Gasteiger partial charge in [0.15, 0.2) is 5.82 Å². The van der Waals surface area contributed by atoms with Crippen LogP contribution in [-0.4, -0.2) is 70.0 Å². The van der Waals surface area contributed by atoms with Crippen molar-refractivity contribution in [3.63, 3.8) is 0 Å². The molecule has 3 heterocycles. The summed E-state index contributed by atoms with van der Waals surface area (Å²) < 4.78 is 36.2. The van der Waals surface area contributed by atoms with Crippen LogP contribution in [0.15, 0.2) is 36.5 Å². The molecule has 2 aromatic heterocycles. The molecule has 200 valence electrons. The third kappa shape index (κ3) is 4.77. The van der Waals surface area contributed by atoms with E-state index in [4.69, 9.17) is 39.5 Å². The van der Waals surface area contributed by atoms with Crippen molar-refractivity contribution in [2.24, 2.45) is 0 Å². The second-order valence-electron chi connectivity index (χ2n) is 8.61. The summed E-state index contributed by atoms with van der Waals surface area (Å²) in [5.74, 6) is -1.07. The standard InChI is InChI=1S/C23H19Cl3F2N6O4/c1-9-29-23(34(31-9)17-6-12(25)15(28)5-13(17)26)22-21(37)19(20(36)18(8-35)38-22)33-7-16(30-32-33)10-2-3-11(24)14(27)4-10/h2-7,18-22,35-37H,8H2,1H3/t18-,19+,20+,21-,22-/m1/s1. The molecule has 10 nitrogen and oxygen atoms in total. The Balaban J connectivity index is 1.55. The molecule has 3 N–H and O–H groups in total. The van der Waals surface area contributed by atoms with Gasteiger partial charge < -0.3 is 20.1 Å². The molecule has 38 heavy (non-hydrogen) atoms. The van der Waals surface area contributed by atoms with E-state index in [0.29, 0.717) is 5.56 Å². The van der Waals surface area contributed by atoms with Crippen molar-refractivity contribution in [3.05, 3.63) is 74.9 Å². The molecular weight excluding hydrogens is 569 g/mol. The monoisotopic (exact) mass is 586 g/mol. The molecule has 1 aliphatic heterocycles. The van der Waals surface area contributed by atoms with Crippen molar-refractivity contribution in [2.45, 2.75) is 37.4 Å². The van der Waals surface area contributed by atoms with Gasteiger partial charge in [0, 0.05) is 5.56 Å². The van der Waals surface area contributed by atoms with Gasteiger partial charge in [-0.15, -0.1) is 5.10 Å². The van der Waals surface area contributed by atoms with Crippen LogP contribution in [0.4, 0.5) is 8.78 Å². The molecular formula is C23H19Cl3F2N6O4. The zero-order valence-electron chi connectivity index (χ0n) is 19.4. The third-order valence-electron chi connectivity index (χ3n) is 6.13. The van der Waals surface area contributed by atoms with E-state index >= 15 is 0 Å². The molecule has 5 atom stereocenters. The molecule has 0 unspecified atom stereocenters. The maximum atomic E-state index is 14.0. The number of ether oxygens (including phenoxy) is 1. The average Bonchev–Trinajstić information content (AvgIpc) is 3.50. The minimum absolute atomic E-state index is 0.0326. The van der Waals surface area contributed by atoms with Crippen LogP contribution in [0.2, 0.25) is 15.1 Å². The Morgan fingerprint density at radius 1 is 1.00 bits per heavy atom. The second-order valence-corrected chi connectivity index (χ2v) is 9.83. The molecule has 1 saturated heterocycles. The van der Waals surface area contributed by atoms with Crippen LogP contribution in [0, 0.1) is 18.6 Å². The van der Waals surface area contributed by atoms with Crippen LogP contribution >= 0.6 is 34.8 Å². The first kappa shape index (κ1) is 26.9. The van der Waals surface area contributed by atoms with Gasteiger partial charge in [0.25, 0.3) is 0 Å². The van der Waals surface area contributed by atoms with Gasteiger partial charge in [-0.25, -0.2) is 23.1 Å². The van der Waals surface area contributed by atoms with Crippen LogP contribution < -0.4 is 0 Å². The lowest BCUT2D eigenvalue weighted by molar-refractivity contribution is -0.210. The van der Waals surface area contributed by atoms with Crippen molar-refractivity contribution < 1.29 is 28.8 Å². The summed E-state index contributed by atoms with van der Waals surface area (Å²) in [5.41, 5.74) is 0.776. The topological polar surface area (TPSA) is 131 Å². The largest absolute Gasteiger partial charge is 0.394 e. The quantitative estimate of drug-likeness (QED) is 0.303. The molecule has 5 rings (SSSR count). The molecule has 15 heteroatoms. The number of aromatic nitrogens is 6. The number of halogens is 5. The van der Waals surface area contributed by atoms with E-state index in [2.05, 4.69) is 20.4 Å². The van der Waals surface area contributed by atoms with E-state index in [9.17, 15) is 24.1 Å². The first-order valence-corrected chi connectivity index (χ1v) is 12.3. The maximum absolute atomic E-state index is 14.0. The Kier molecular flexibility index (Phi) is 7.40. The number of nitrogens with zero attached hydrogens (tertiary/aromatic N) is 6. The van der Waals surface area contributed by atoms with Gasteiger partial charge in [-0.1, -0.05) is 46.1 Å². The molecule has 0 spiro atoms. The summed E-state index contributed by atoms with van der Waals surface area (Å²) >= 11 is 18.0. The first-order valence-electron chi connectivity index (χ1n) is 11.2. The number of aryl methyl sites for hydroxylation is 1. The van der Waals surface area contributed by atoms with Gasteiger partial charge >= 0.3 is 0 Å². The van der Waals surface area contributed by atoms with Crippen LogP contribution in [0.25, 0.3) is 16.9 Å². The fourth-order valence-electron chi connectivity index (χ4n) is 4.31. The molecule has 0 saturated carbocycles. The first-order chi connectivity index (χ1) is 18.1.